The first-order chi connectivity index (χ1) is 9.38. The number of carbonyl (C=O) groups excluding carboxylic acids is 2. The summed E-state index contributed by atoms with van der Waals surface area (Å²) in [4.78, 5) is 26.8. The molecule has 1 atom stereocenters. The van der Waals surface area contributed by atoms with E-state index < -0.39 is 12.1 Å². The Hall–Kier alpha value is -2.64. The number of urea groups is 1. The van der Waals surface area contributed by atoms with Crippen LogP contribution >= 0.6 is 0 Å². The van der Waals surface area contributed by atoms with E-state index in [0.29, 0.717) is 5.69 Å². The average molecular weight is 276 g/mol. The molecular weight excluding hydrogens is 260 g/mol. The Kier molecular flexibility index (Phi) is 3.55. The predicted molar refractivity (Wildman–Crippen MR) is 74.1 cm³/mol. The van der Waals surface area contributed by atoms with Crippen molar-refractivity contribution in [2.24, 2.45) is 12.8 Å². The molecule has 0 fully saturated rings. The zero-order chi connectivity index (χ0) is 14.9. The number of nitrogens with one attached hydrogen (secondary N) is 2. The summed E-state index contributed by atoms with van der Waals surface area (Å²) < 4.78 is 1.67. The van der Waals surface area contributed by atoms with E-state index in [2.05, 4.69) is 20.7 Å². The lowest BCUT2D eigenvalue weighted by Gasteiger charge is -2.12. The summed E-state index contributed by atoms with van der Waals surface area (Å²) >= 11 is 0. The number of amides is 3. The molecule has 2 aromatic heterocycles. The van der Waals surface area contributed by atoms with Crippen molar-refractivity contribution in [2.75, 3.05) is 5.32 Å². The van der Waals surface area contributed by atoms with Crippen molar-refractivity contribution in [3.8, 4) is 0 Å². The molecule has 2 heterocycles. The van der Waals surface area contributed by atoms with E-state index in [-0.39, 0.29) is 5.91 Å². The van der Waals surface area contributed by atoms with Gasteiger partial charge < -0.3 is 16.4 Å². The second-order valence-electron chi connectivity index (χ2n) is 4.52. The van der Waals surface area contributed by atoms with Gasteiger partial charge in [0.1, 0.15) is 6.04 Å². The van der Waals surface area contributed by atoms with Gasteiger partial charge in [0.2, 0.25) is 5.91 Å². The van der Waals surface area contributed by atoms with Crippen LogP contribution in [0.25, 0.3) is 11.0 Å². The smallest absolute Gasteiger partial charge is 0.312 e. The summed E-state index contributed by atoms with van der Waals surface area (Å²) in [5.41, 5.74) is 7.07. The van der Waals surface area contributed by atoms with Gasteiger partial charge in [-0.2, -0.15) is 5.10 Å². The highest BCUT2D eigenvalue weighted by molar-refractivity contribution is 5.97. The predicted octanol–water partition coefficient (Wildman–Crippen LogP) is 0.272. The van der Waals surface area contributed by atoms with E-state index in [1.54, 1.807) is 30.9 Å². The first kappa shape index (κ1) is 13.8. The quantitative estimate of drug-likeness (QED) is 0.746. The minimum Gasteiger partial charge on any atom is -0.352 e. The Morgan fingerprint density at radius 2 is 2.15 bits per heavy atom. The van der Waals surface area contributed by atoms with Crippen molar-refractivity contribution in [3.63, 3.8) is 0 Å². The third-order valence-electron chi connectivity index (χ3n) is 2.88. The van der Waals surface area contributed by atoms with Gasteiger partial charge in [-0.3, -0.25) is 9.48 Å². The third-order valence-corrected chi connectivity index (χ3v) is 2.88. The van der Waals surface area contributed by atoms with Gasteiger partial charge in [0.15, 0.2) is 5.65 Å². The standard InChI is InChI=1S/C12H16N6O2/c1-6-9-4-8(5-14-10(9)18(3)17-6)16-11(19)7(2)15-12(13)20/h4-5,7H,1-3H3,(H,16,19)(H3,13,15,20). The van der Waals surface area contributed by atoms with Crippen LogP contribution in [0.4, 0.5) is 10.5 Å². The highest BCUT2D eigenvalue weighted by Crippen LogP contribution is 2.19. The lowest BCUT2D eigenvalue weighted by Crippen LogP contribution is -2.44. The van der Waals surface area contributed by atoms with Crippen LogP contribution in [-0.4, -0.2) is 32.7 Å². The molecule has 2 aromatic rings. The van der Waals surface area contributed by atoms with Gasteiger partial charge in [-0.25, -0.2) is 9.78 Å². The fraction of sp³-hybridized carbons (Fsp3) is 0.333. The molecule has 8 heteroatoms. The van der Waals surface area contributed by atoms with Crippen LogP contribution in [0.2, 0.25) is 0 Å². The highest BCUT2D eigenvalue weighted by Gasteiger charge is 2.15. The van der Waals surface area contributed by atoms with Gasteiger partial charge in [0, 0.05) is 12.4 Å². The van der Waals surface area contributed by atoms with E-state index >= 15 is 0 Å². The molecule has 0 bridgehead atoms. The second-order valence-corrected chi connectivity index (χ2v) is 4.52. The van der Waals surface area contributed by atoms with Gasteiger partial charge in [-0.1, -0.05) is 0 Å². The first-order valence-corrected chi connectivity index (χ1v) is 6.04. The van der Waals surface area contributed by atoms with E-state index in [1.807, 2.05) is 6.92 Å². The molecule has 0 aliphatic carbocycles. The van der Waals surface area contributed by atoms with Gasteiger partial charge in [-0.05, 0) is 19.9 Å². The van der Waals surface area contributed by atoms with Crippen LogP contribution in [0.3, 0.4) is 0 Å². The molecule has 4 N–H and O–H groups in total. The summed E-state index contributed by atoms with van der Waals surface area (Å²) in [6.45, 7) is 3.41. The molecule has 0 radical (unpaired) electrons. The van der Waals surface area contributed by atoms with Crippen LogP contribution < -0.4 is 16.4 Å². The first-order valence-electron chi connectivity index (χ1n) is 6.04. The molecule has 0 spiro atoms. The van der Waals surface area contributed by atoms with Crippen LogP contribution in [0.15, 0.2) is 12.3 Å². The number of anilines is 1. The topological polar surface area (TPSA) is 115 Å². The molecule has 20 heavy (non-hydrogen) atoms. The summed E-state index contributed by atoms with van der Waals surface area (Å²) in [5.74, 6) is -0.369. The largest absolute Gasteiger partial charge is 0.352 e. The van der Waals surface area contributed by atoms with Crippen molar-refractivity contribution >= 4 is 28.7 Å². The molecule has 3 amide bonds. The summed E-state index contributed by atoms with van der Waals surface area (Å²) in [6.07, 6.45) is 1.54. The van der Waals surface area contributed by atoms with Crippen molar-refractivity contribution < 1.29 is 9.59 Å². The van der Waals surface area contributed by atoms with Crippen LogP contribution in [0.1, 0.15) is 12.6 Å². The van der Waals surface area contributed by atoms with Gasteiger partial charge >= 0.3 is 6.03 Å². The molecule has 0 saturated carbocycles. The number of rotatable bonds is 3. The Bertz CT molecular complexity index is 678. The Labute approximate surface area is 115 Å². The van der Waals surface area contributed by atoms with E-state index in [1.165, 1.54) is 0 Å². The molecular formula is C12H16N6O2. The maximum atomic E-state index is 11.8. The Morgan fingerprint density at radius 3 is 2.80 bits per heavy atom. The zero-order valence-electron chi connectivity index (χ0n) is 11.5. The number of aromatic nitrogens is 3. The highest BCUT2D eigenvalue weighted by atomic mass is 16.2. The lowest BCUT2D eigenvalue weighted by molar-refractivity contribution is -0.117. The number of aryl methyl sites for hydroxylation is 2. The molecule has 1 unspecified atom stereocenters. The van der Waals surface area contributed by atoms with Crippen LogP contribution in [0.5, 0.6) is 0 Å². The van der Waals surface area contributed by atoms with Crippen molar-refractivity contribution in [1.82, 2.24) is 20.1 Å². The number of nitrogens with two attached hydrogens (primary N) is 1. The Balaban J connectivity index is 2.20. The number of carbonyl (C=O) groups is 2. The maximum absolute atomic E-state index is 11.8. The zero-order valence-corrected chi connectivity index (χ0v) is 11.5. The van der Waals surface area contributed by atoms with Crippen molar-refractivity contribution in [3.05, 3.63) is 18.0 Å². The molecule has 8 nitrogen and oxygen atoms in total. The summed E-state index contributed by atoms with van der Waals surface area (Å²) in [6, 6.07) is 0.321. The Morgan fingerprint density at radius 1 is 1.45 bits per heavy atom. The van der Waals surface area contributed by atoms with E-state index in [9.17, 15) is 9.59 Å². The molecule has 0 saturated heterocycles. The fourth-order valence-corrected chi connectivity index (χ4v) is 1.91. The minimum absolute atomic E-state index is 0.369. The normalized spacial score (nSPS) is 12.2. The number of primary amides is 1. The second kappa shape index (κ2) is 5.16. The molecule has 0 aromatic carbocycles. The molecule has 0 aliphatic rings. The van der Waals surface area contributed by atoms with Crippen LogP contribution in [-0.2, 0) is 11.8 Å². The van der Waals surface area contributed by atoms with Crippen molar-refractivity contribution in [2.45, 2.75) is 19.9 Å². The number of fused-ring (bicyclic) bond motifs is 1. The van der Waals surface area contributed by atoms with Crippen LogP contribution in [0, 0.1) is 6.92 Å². The number of pyridine rings is 1. The summed E-state index contributed by atoms with van der Waals surface area (Å²) in [7, 11) is 1.81. The van der Waals surface area contributed by atoms with Crippen molar-refractivity contribution in [1.29, 1.82) is 0 Å². The fourth-order valence-electron chi connectivity index (χ4n) is 1.91. The van der Waals surface area contributed by atoms with E-state index in [4.69, 9.17) is 5.73 Å². The number of hydrogen-bond donors (Lipinski definition) is 3. The summed E-state index contributed by atoms with van der Waals surface area (Å²) in [5, 5.41) is 10.1. The lowest BCUT2D eigenvalue weighted by atomic mass is 10.2. The van der Waals surface area contributed by atoms with Gasteiger partial charge in [-0.15, -0.1) is 0 Å². The third kappa shape index (κ3) is 2.68. The van der Waals surface area contributed by atoms with Gasteiger partial charge in [0.05, 0.1) is 17.6 Å². The van der Waals surface area contributed by atoms with E-state index in [0.717, 1.165) is 16.7 Å². The minimum atomic E-state index is -0.746. The molecule has 106 valence electrons. The number of nitrogens with zero attached hydrogens (tertiary/aromatic N) is 3. The molecule has 2 rings (SSSR count). The van der Waals surface area contributed by atoms with Gasteiger partial charge in [0.25, 0.3) is 0 Å². The SMILES string of the molecule is Cc1nn(C)c2ncc(NC(=O)C(C)NC(N)=O)cc12. The maximum Gasteiger partial charge on any atom is 0.312 e. The number of hydrogen-bond acceptors (Lipinski definition) is 4. The average Bonchev–Trinajstić information content (AvgIpc) is 2.64. The molecule has 0 aliphatic heterocycles. The monoisotopic (exact) mass is 276 g/mol.